The predicted octanol–water partition coefficient (Wildman–Crippen LogP) is 5.30. The molecule has 31 heavy (non-hydrogen) atoms. The second-order valence-corrected chi connectivity index (χ2v) is 9.64. The summed E-state index contributed by atoms with van der Waals surface area (Å²) in [6.07, 6.45) is 2.06. The van der Waals surface area contributed by atoms with Gasteiger partial charge in [0, 0.05) is 12.1 Å². The van der Waals surface area contributed by atoms with Crippen LogP contribution in [0.15, 0.2) is 59.8 Å². The molecule has 0 saturated carbocycles. The molecule has 0 aliphatic carbocycles. The summed E-state index contributed by atoms with van der Waals surface area (Å²) in [4.78, 5) is 12.2. The van der Waals surface area contributed by atoms with Crippen LogP contribution in [0.2, 0.25) is 0 Å². The van der Waals surface area contributed by atoms with Crippen molar-refractivity contribution in [2.45, 2.75) is 57.7 Å². The third kappa shape index (κ3) is 6.44. The minimum Gasteiger partial charge on any atom is -0.355 e. The lowest BCUT2D eigenvalue weighted by Gasteiger charge is -2.19. The normalized spacial score (nSPS) is 11.5. The van der Waals surface area contributed by atoms with E-state index in [0.29, 0.717) is 12.3 Å². The Balaban J connectivity index is 1.84. The second kappa shape index (κ2) is 10.6. The van der Waals surface area contributed by atoms with Crippen LogP contribution in [0.3, 0.4) is 0 Å². The fourth-order valence-corrected chi connectivity index (χ4v) is 3.99. The van der Waals surface area contributed by atoms with E-state index < -0.39 is 0 Å². The van der Waals surface area contributed by atoms with Crippen molar-refractivity contribution in [1.29, 1.82) is 0 Å². The third-order valence-electron chi connectivity index (χ3n) is 5.09. The van der Waals surface area contributed by atoms with Crippen molar-refractivity contribution >= 4 is 17.7 Å². The van der Waals surface area contributed by atoms with Gasteiger partial charge >= 0.3 is 0 Å². The molecule has 1 N–H and O–H groups in total. The molecule has 0 fully saturated rings. The number of carbonyl (C=O) groups is 1. The van der Waals surface area contributed by atoms with Crippen molar-refractivity contribution < 1.29 is 4.79 Å². The molecule has 0 atom stereocenters. The molecule has 0 radical (unpaired) electrons. The van der Waals surface area contributed by atoms with Crippen LogP contribution < -0.4 is 5.32 Å². The molecule has 0 aliphatic rings. The molecule has 0 bridgehead atoms. The van der Waals surface area contributed by atoms with E-state index in [4.69, 9.17) is 0 Å². The topological polar surface area (TPSA) is 59.8 Å². The van der Waals surface area contributed by atoms with Crippen molar-refractivity contribution in [3.63, 3.8) is 0 Å². The highest BCUT2D eigenvalue weighted by atomic mass is 32.2. The van der Waals surface area contributed by atoms with Gasteiger partial charge in [-0.05, 0) is 23.0 Å². The molecule has 1 amide bonds. The van der Waals surface area contributed by atoms with Crippen LogP contribution in [0.4, 0.5) is 0 Å². The summed E-state index contributed by atoms with van der Waals surface area (Å²) in [5, 5.41) is 12.6. The molecule has 164 valence electrons. The Hall–Kier alpha value is -2.60. The number of amides is 1. The number of hydrogen-bond acceptors (Lipinski definition) is 4. The van der Waals surface area contributed by atoms with E-state index in [2.05, 4.69) is 84.2 Å². The van der Waals surface area contributed by atoms with Gasteiger partial charge in [-0.1, -0.05) is 100 Å². The minimum atomic E-state index is 0.0313. The maximum absolute atomic E-state index is 12.2. The zero-order chi connectivity index (χ0) is 22.3. The highest BCUT2D eigenvalue weighted by Crippen LogP contribution is 2.28. The molecule has 1 aromatic heterocycles. The monoisotopic (exact) mass is 436 g/mol. The van der Waals surface area contributed by atoms with E-state index in [0.717, 1.165) is 35.9 Å². The molecule has 0 saturated heterocycles. The molecule has 0 unspecified atom stereocenters. The van der Waals surface area contributed by atoms with E-state index in [1.807, 2.05) is 18.2 Å². The predicted molar refractivity (Wildman–Crippen MR) is 128 cm³/mol. The lowest BCUT2D eigenvalue weighted by Crippen LogP contribution is -2.26. The molecular formula is C25H32N4OS. The molecule has 1 heterocycles. The van der Waals surface area contributed by atoms with E-state index >= 15 is 0 Å². The number of thioether (sulfide) groups is 1. The fraction of sp³-hybridized carbons (Fsp3) is 0.400. The summed E-state index contributed by atoms with van der Waals surface area (Å²) in [6, 6.07) is 18.8. The standard InChI is InChI=1S/C25H32N4OS/c1-5-6-16-26-22(30)18-31-24-28-27-23(29(24)17-19-10-8-7-9-11-19)20-12-14-21(15-13-20)25(2,3)4/h7-15H,5-6,16-18H2,1-4H3,(H,26,30). The summed E-state index contributed by atoms with van der Waals surface area (Å²) < 4.78 is 2.10. The van der Waals surface area contributed by atoms with Crippen molar-refractivity contribution in [3.8, 4) is 11.4 Å². The van der Waals surface area contributed by atoms with Gasteiger partial charge in [0.15, 0.2) is 11.0 Å². The van der Waals surface area contributed by atoms with Gasteiger partial charge in [-0.2, -0.15) is 0 Å². The lowest BCUT2D eigenvalue weighted by molar-refractivity contribution is -0.118. The minimum absolute atomic E-state index is 0.0313. The number of aromatic nitrogens is 3. The third-order valence-corrected chi connectivity index (χ3v) is 6.06. The Morgan fingerprint density at radius 2 is 1.74 bits per heavy atom. The molecule has 3 rings (SSSR count). The van der Waals surface area contributed by atoms with Gasteiger partial charge in [0.2, 0.25) is 5.91 Å². The second-order valence-electron chi connectivity index (χ2n) is 8.70. The van der Waals surface area contributed by atoms with Crippen LogP contribution in [0.5, 0.6) is 0 Å². The summed E-state index contributed by atoms with van der Waals surface area (Å²) in [5.74, 6) is 1.18. The molecule has 0 aliphatic heterocycles. The van der Waals surface area contributed by atoms with Crippen LogP contribution >= 0.6 is 11.8 Å². The van der Waals surface area contributed by atoms with E-state index in [1.54, 1.807) is 0 Å². The average Bonchev–Trinajstić information content (AvgIpc) is 3.15. The van der Waals surface area contributed by atoms with Gasteiger partial charge in [-0.25, -0.2) is 0 Å². The SMILES string of the molecule is CCCCNC(=O)CSc1nnc(-c2ccc(C(C)(C)C)cc2)n1Cc1ccccc1. The first-order valence-electron chi connectivity index (χ1n) is 10.9. The van der Waals surface area contributed by atoms with Gasteiger partial charge in [-0.3, -0.25) is 9.36 Å². The smallest absolute Gasteiger partial charge is 0.230 e. The van der Waals surface area contributed by atoms with Crippen LogP contribution in [0, 0.1) is 0 Å². The van der Waals surface area contributed by atoms with Gasteiger partial charge in [0.1, 0.15) is 0 Å². The molecule has 5 nitrogen and oxygen atoms in total. The number of carbonyl (C=O) groups excluding carboxylic acids is 1. The fourth-order valence-electron chi connectivity index (χ4n) is 3.22. The Morgan fingerprint density at radius 1 is 1.03 bits per heavy atom. The first-order chi connectivity index (χ1) is 14.9. The highest BCUT2D eigenvalue weighted by Gasteiger charge is 2.18. The average molecular weight is 437 g/mol. The number of unbranched alkanes of at least 4 members (excludes halogenated alkanes) is 1. The quantitative estimate of drug-likeness (QED) is 0.365. The van der Waals surface area contributed by atoms with Crippen LogP contribution in [0.1, 0.15) is 51.7 Å². The van der Waals surface area contributed by atoms with E-state index in [-0.39, 0.29) is 11.3 Å². The maximum Gasteiger partial charge on any atom is 0.230 e. The number of rotatable bonds is 9. The van der Waals surface area contributed by atoms with Crippen molar-refractivity contribution in [2.75, 3.05) is 12.3 Å². The highest BCUT2D eigenvalue weighted by molar-refractivity contribution is 7.99. The molecule has 0 spiro atoms. The maximum atomic E-state index is 12.2. The molecule has 2 aromatic carbocycles. The summed E-state index contributed by atoms with van der Waals surface area (Å²) in [7, 11) is 0. The molecule has 3 aromatic rings. The lowest BCUT2D eigenvalue weighted by atomic mass is 9.87. The van der Waals surface area contributed by atoms with Crippen molar-refractivity contribution in [2.24, 2.45) is 0 Å². The van der Waals surface area contributed by atoms with E-state index in [1.165, 1.54) is 22.9 Å². The molecular weight excluding hydrogens is 404 g/mol. The Morgan fingerprint density at radius 3 is 2.39 bits per heavy atom. The summed E-state index contributed by atoms with van der Waals surface area (Å²) in [5.41, 5.74) is 3.58. The number of hydrogen-bond donors (Lipinski definition) is 1. The number of benzene rings is 2. The Kier molecular flexibility index (Phi) is 7.91. The zero-order valence-corrected chi connectivity index (χ0v) is 19.7. The molecule has 6 heteroatoms. The van der Waals surface area contributed by atoms with Gasteiger partial charge in [0.25, 0.3) is 0 Å². The van der Waals surface area contributed by atoms with Gasteiger partial charge in [-0.15, -0.1) is 10.2 Å². The number of nitrogens with zero attached hydrogens (tertiary/aromatic N) is 3. The summed E-state index contributed by atoms with van der Waals surface area (Å²) in [6.45, 7) is 10.1. The largest absolute Gasteiger partial charge is 0.355 e. The van der Waals surface area contributed by atoms with Gasteiger partial charge in [0.05, 0.1) is 12.3 Å². The van der Waals surface area contributed by atoms with E-state index in [9.17, 15) is 4.79 Å². The number of nitrogens with one attached hydrogen (secondary N) is 1. The van der Waals surface area contributed by atoms with Crippen LogP contribution in [-0.4, -0.2) is 33.0 Å². The first-order valence-corrected chi connectivity index (χ1v) is 11.8. The van der Waals surface area contributed by atoms with Crippen LogP contribution in [-0.2, 0) is 16.8 Å². The Bertz CT molecular complexity index is 975. The summed E-state index contributed by atoms with van der Waals surface area (Å²) >= 11 is 1.43. The van der Waals surface area contributed by atoms with Crippen molar-refractivity contribution in [1.82, 2.24) is 20.1 Å². The zero-order valence-electron chi connectivity index (χ0n) is 18.9. The van der Waals surface area contributed by atoms with Gasteiger partial charge < -0.3 is 5.32 Å². The van der Waals surface area contributed by atoms with Crippen LogP contribution in [0.25, 0.3) is 11.4 Å². The van der Waals surface area contributed by atoms with Crippen molar-refractivity contribution in [3.05, 3.63) is 65.7 Å². The first kappa shape index (κ1) is 23.1. The Labute approximate surface area is 189 Å².